The number of hydrogen-bond acceptors (Lipinski definition) is 3. The molecule has 0 spiro atoms. The number of aromatic nitrogens is 1. The van der Waals surface area contributed by atoms with Crippen molar-refractivity contribution in [3.8, 4) is 0 Å². The number of nitrogens with one attached hydrogen (secondary N) is 2. The van der Waals surface area contributed by atoms with Crippen molar-refractivity contribution in [2.24, 2.45) is 5.92 Å². The molecular formula is C14H21N3O. The standard InChI is InChI=1S/C14H21N3O/c1-3-15-13-9-5-8-12(17-13)14(18)16-10(2)11-6-4-7-11/h5,8-11H,3-4,6-7H2,1-2H3,(H,15,17)(H,16,18). The first kappa shape index (κ1) is 12.9. The summed E-state index contributed by atoms with van der Waals surface area (Å²) in [4.78, 5) is 16.4. The molecule has 1 aromatic rings. The van der Waals surface area contributed by atoms with E-state index in [0.29, 0.717) is 11.6 Å². The van der Waals surface area contributed by atoms with Crippen LogP contribution in [0.3, 0.4) is 0 Å². The van der Waals surface area contributed by atoms with Gasteiger partial charge in [-0.3, -0.25) is 4.79 Å². The Balaban J connectivity index is 1.96. The van der Waals surface area contributed by atoms with Crippen molar-refractivity contribution in [1.29, 1.82) is 0 Å². The smallest absolute Gasteiger partial charge is 0.270 e. The predicted octanol–water partition coefficient (Wildman–Crippen LogP) is 2.43. The molecule has 0 bridgehead atoms. The molecule has 0 saturated heterocycles. The molecule has 18 heavy (non-hydrogen) atoms. The average Bonchev–Trinajstić information content (AvgIpc) is 2.27. The summed E-state index contributed by atoms with van der Waals surface area (Å²) in [6.45, 7) is 4.89. The van der Waals surface area contributed by atoms with Crippen molar-refractivity contribution in [3.05, 3.63) is 23.9 Å². The van der Waals surface area contributed by atoms with Crippen molar-refractivity contribution in [2.75, 3.05) is 11.9 Å². The van der Waals surface area contributed by atoms with Gasteiger partial charge in [-0.15, -0.1) is 0 Å². The van der Waals surface area contributed by atoms with Gasteiger partial charge in [0.15, 0.2) is 0 Å². The number of anilines is 1. The van der Waals surface area contributed by atoms with Crippen LogP contribution in [-0.4, -0.2) is 23.5 Å². The minimum absolute atomic E-state index is 0.0749. The molecule has 4 heteroatoms. The lowest BCUT2D eigenvalue weighted by molar-refractivity contribution is 0.0904. The maximum absolute atomic E-state index is 12.1. The molecule has 1 aliphatic carbocycles. The fourth-order valence-corrected chi connectivity index (χ4v) is 2.18. The van der Waals surface area contributed by atoms with Crippen LogP contribution in [-0.2, 0) is 0 Å². The zero-order valence-electron chi connectivity index (χ0n) is 11.1. The molecule has 98 valence electrons. The minimum Gasteiger partial charge on any atom is -0.370 e. The van der Waals surface area contributed by atoms with E-state index in [4.69, 9.17) is 0 Å². The maximum atomic E-state index is 12.1. The number of carbonyl (C=O) groups is 1. The highest BCUT2D eigenvalue weighted by Crippen LogP contribution is 2.29. The molecule has 1 amide bonds. The molecule has 1 aliphatic rings. The van der Waals surface area contributed by atoms with Crippen LogP contribution in [0.25, 0.3) is 0 Å². The second-order valence-electron chi connectivity index (χ2n) is 4.89. The Morgan fingerprint density at radius 3 is 2.89 bits per heavy atom. The van der Waals surface area contributed by atoms with E-state index in [1.807, 2.05) is 19.1 Å². The van der Waals surface area contributed by atoms with Crippen LogP contribution in [0, 0.1) is 5.92 Å². The lowest BCUT2D eigenvalue weighted by atomic mass is 9.80. The zero-order valence-corrected chi connectivity index (χ0v) is 11.1. The van der Waals surface area contributed by atoms with Gasteiger partial charge in [0.1, 0.15) is 11.5 Å². The lowest BCUT2D eigenvalue weighted by Crippen LogP contribution is -2.41. The van der Waals surface area contributed by atoms with E-state index in [1.54, 1.807) is 6.07 Å². The maximum Gasteiger partial charge on any atom is 0.270 e. The van der Waals surface area contributed by atoms with E-state index in [2.05, 4.69) is 22.5 Å². The van der Waals surface area contributed by atoms with Gasteiger partial charge in [0.05, 0.1) is 0 Å². The Labute approximate surface area is 108 Å². The largest absolute Gasteiger partial charge is 0.370 e. The number of pyridine rings is 1. The van der Waals surface area contributed by atoms with Crippen LogP contribution in [0.5, 0.6) is 0 Å². The molecular weight excluding hydrogens is 226 g/mol. The first-order valence-corrected chi connectivity index (χ1v) is 6.72. The van der Waals surface area contributed by atoms with E-state index < -0.39 is 0 Å². The lowest BCUT2D eigenvalue weighted by Gasteiger charge is -2.31. The molecule has 1 aromatic heterocycles. The third-order valence-electron chi connectivity index (χ3n) is 3.56. The molecule has 2 rings (SSSR count). The third kappa shape index (κ3) is 3.00. The van der Waals surface area contributed by atoms with Crippen molar-refractivity contribution in [1.82, 2.24) is 10.3 Å². The van der Waals surface area contributed by atoms with Crippen LogP contribution in [0.1, 0.15) is 43.6 Å². The Morgan fingerprint density at radius 1 is 1.50 bits per heavy atom. The Morgan fingerprint density at radius 2 is 2.28 bits per heavy atom. The van der Waals surface area contributed by atoms with E-state index >= 15 is 0 Å². The van der Waals surface area contributed by atoms with Gasteiger partial charge in [0.2, 0.25) is 0 Å². The van der Waals surface area contributed by atoms with Gasteiger partial charge in [-0.25, -0.2) is 4.98 Å². The van der Waals surface area contributed by atoms with Crippen LogP contribution in [0.4, 0.5) is 5.82 Å². The topological polar surface area (TPSA) is 54.0 Å². The fourth-order valence-electron chi connectivity index (χ4n) is 2.18. The number of hydrogen-bond donors (Lipinski definition) is 2. The summed E-state index contributed by atoms with van der Waals surface area (Å²) in [5, 5.41) is 6.15. The summed E-state index contributed by atoms with van der Waals surface area (Å²) in [7, 11) is 0. The van der Waals surface area contributed by atoms with Crippen molar-refractivity contribution >= 4 is 11.7 Å². The SMILES string of the molecule is CCNc1cccc(C(=O)NC(C)C2CCC2)n1. The van der Waals surface area contributed by atoms with E-state index in [1.165, 1.54) is 19.3 Å². The molecule has 0 radical (unpaired) electrons. The van der Waals surface area contributed by atoms with E-state index in [9.17, 15) is 4.79 Å². The zero-order chi connectivity index (χ0) is 13.0. The third-order valence-corrected chi connectivity index (χ3v) is 3.56. The number of amides is 1. The monoisotopic (exact) mass is 247 g/mol. The minimum atomic E-state index is -0.0749. The molecule has 1 atom stereocenters. The van der Waals surface area contributed by atoms with E-state index in [0.717, 1.165) is 12.4 Å². The molecule has 0 aliphatic heterocycles. The number of nitrogens with zero attached hydrogens (tertiary/aromatic N) is 1. The highest BCUT2D eigenvalue weighted by molar-refractivity contribution is 5.92. The molecule has 1 unspecified atom stereocenters. The normalized spacial score (nSPS) is 16.8. The molecule has 4 nitrogen and oxygen atoms in total. The van der Waals surface area contributed by atoms with Gasteiger partial charge < -0.3 is 10.6 Å². The Hall–Kier alpha value is -1.58. The molecule has 1 fully saturated rings. The average molecular weight is 247 g/mol. The Bertz CT molecular complexity index is 415. The predicted molar refractivity (Wildman–Crippen MR) is 72.7 cm³/mol. The summed E-state index contributed by atoms with van der Waals surface area (Å²) in [6.07, 6.45) is 3.75. The van der Waals surface area contributed by atoms with E-state index in [-0.39, 0.29) is 11.9 Å². The summed E-state index contributed by atoms with van der Waals surface area (Å²) >= 11 is 0. The number of carbonyl (C=O) groups excluding carboxylic acids is 1. The molecule has 0 aromatic carbocycles. The van der Waals surface area contributed by atoms with Crippen molar-refractivity contribution in [2.45, 2.75) is 39.2 Å². The van der Waals surface area contributed by atoms with Crippen molar-refractivity contribution < 1.29 is 4.79 Å². The molecule has 1 heterocycles. The van der Waals surface area contributed by atoms with Crippen LogP contribution >= 0.6 is 0 Å². The van der Waals surface area contributed by atoms with Gasteiger partial charge in [-0.1, -0.05) is 12.5 Å². The fraction of sp³-hybridized carbons (Fsp3) is 0.571. The van der Waals surface area contributed by atoms with Gasteiger partial charge >= 0.3 is 0 Å². The quantitative estimate of drug-likeness (QED) is 0.840. The van der Waals surface area contributed by atoms with Crippen LogP contribution in [0.15, 0.2) is 18.2 Å². The second kappa shape index (κ2) is 5.85. The number of rotatable bonds is 5. The summed E-state index contributed by atoms with van der Waals surface area (Å²) in [5.74, 6) is 1.32. The first-order chi connectivity index (χ1) is 8.70. The molecule has 1 saturated carbocycles. The van der Waals surface area contributed by atoms with Gasteiger partial charge in [0, 0.05) is 12.6 Å². The van der Waals surface area contributed by atoms with Gasteiger partial charge in [0.25, 0.3) is 5.91 Å². The van der Waals surface area contributed by atoms with Gasteiger partial charge in [-0.2, -0.15) is 0 Å². The molecule has 2 N–H and O–H groups in total. The van der Waals surface area contributed by atoms with Gasteiger partial charge in [-0.05, 0) is 44.7 Å². The highest BCUT2D eigenvalue weighted by Gasteiger charge is 2.25. The van der Waals surface area contributed by atoms with Crippen molar-refractivity contribution in [3.63, 3.8) is 0 Å². The second-order valence-corrected chi connectivity index (χ2v) is 4.89. The Kier molecular flexibility index (Phi) is 4.18. The summed E-state index contributed by atoms with van der Waals surface area (Å²) in [5.41, 5.74) is 0.486. The highest BCUT2D eigenvalue weighted by atomic mass is 16.1. The van der Waals surface area contributed by atoms with Crippen LogP contribution in [0.2, 0.25) is 0 Å². The summed E-state index contributed by atoms with van der Waals surface area (Å²) in [6, 6.07) is 5.73. The first-order valence-electron chi connectivity index (χ1n) is 6.72. The van der Waals surface area contributed by atoms with Crippen LogP contribution < -0.4 is 10.6 Å². The summed E-state index contributed by atoms with van der Waals surface area (Å²) < 4.78 is 0.